The smallest absolute Gasteiger partial charge is 0.362 e. The topological polar surface area (TPSA) is 29.3 Å². The second-order valence-electron chi connectivity index (χ2n) is 3.20. The summed E-state index contributed by atoms with van der Waals surface area (Å²) < 4.78 is 102. The standard InChI is InChI=1S/C7H4F8NO2/c8-1-2(9)4(11)16(15)5(3(1)10)18-6(17)7(12,13)14/h1-4H/q+1. The van der Waals surface area contributed by atoms with Gasteiger partial charge in [0, 0.05) is 0 Å². The summed E-state index contributed by atoms with van der Waals surface area (Å²) in [6.45, 7) is 0. The Morgan fingerprint density at radius 1 is 1.11 bits per heavy atom. The molecule has 4 atom stereocenters. The van der Waals surface area contributed by atoms with Gasteiger partial charge in [-0.1, -0.05) is 0 Å². The Morgan fingerprint density at radius 2 is 1.61 bits per heavy atom. The van der Waals surface area contributed by atoms with Gasteiger partial charge < -0.3 is 4.74 Å². The summed E-state index contributed by atoms with van der Waals surface area (Å²) in [7, 11) is 0. The lowest BCUT2D eigenvalue weighted by Crippen LogP contribution is -2.53. The molecule has 0 radical (unpaired) electrons. The molecule has 0 bridgehead atoms. The number of ether oxygens (including phenoxy) is 1. The number of esters is 1. The number of hydrogen-bond donors (Lipinski definition) is 0. The molecule has 0 fully saturated rings. The van der Waals surface area contributed by atoms with E-state index in [4.69, 9.17) is 0 Å². The van der Waals surface area contributed by atoms with Gasteiger partial charge in [-0.2, -0.15) is 17.6 Å². The molecule has 0 aromatic carbocycles. The maximum atomic E-state index is 12.9. The van der Waals surface area contributed by atoms with Crippen LogP contribution in [0.2, 0.25) is 0 Å². The van der Waals surface area contributed by atoms with Gasteiger partial charge in [-0.15, -0.1) is 0 Å². The summed E-state index contributed by atoms with van der Waals surface area (Å²) in [4.78, 5) is 8.72. The van der Waals surface area contributed by atoms with E-state index in [9.17, 15) is 40.0 Å². The second-order valence-corrected chi connectivity index (χ2v) is 3.20. The SMILES string of the molecule is O=C(OC1=[N+](F)C(F)C(F)C(F)C1F)C(F)(F)F. The van der Waals surface area contributed by atoms with Gasteiger partial charge in [-0.25, -0.2) is 18.0 Å². The van der Waals surface area contributed by atoms with Gasteiger partial charge in [0.2, 0.25) is 6.17 Å². The molecule has 1 rings (SSSR count). The molecule has 0 N–H and O–H groups in total. The van der Waals surface area contributed by atoms with Crippen molar-refractivity contribution in [3.8, 4) is 0 Å². The minimum Gasteiger partial charge on any atom is -0.362 e. The summed E-state index contributed by atoms with van der Waals surface area (Å²) in [5.74, 6) is -5.30. The lowest BCUT2D eigenvalue weighted by Gasteiger charge is -2.20. The minimum atomic E-state index is -5.63. The molecule has 1 aliphatic heterocycles. The van der Waals surface area contributed by atoms with E-state index in [0.29, 0.717) is 0 Å². The molecule has 104 valence electrons. The molecular formula is C7H4F8NO2+. The Bertz CT molecular complexity index is 380. The molecule has 0 aliphatic carbocycles. The van der Waals surface area contributed by atoms with Crippen LogP contribution in [0.15, 0.2) is 0 Å². The maximum absolute atomic E-state index is 12.9. The first-order valence-corrected chi connectivity index (χ1v) is 4.24. The first kappa shape index (κ1) is 14.6. The number of carbonyl (C=O) groups excluding carboxylic acids is 1. The molecule has 1 aliphatic rings. The van der Waals surface area contributed by atoms with Crippen molar-refractivity contribution in [3.63, 3.8) is 0 Å². The third-order valence-electron chi connectivity index (χ3n) is 1.94. The molecule has 18 heavy (non-hydrogen) atoms. The molecular weight excluding hydrogens is 282 g/mol. The van der Waals surface area contributed by atoms with Crippen LogP contribution >= 0.6 is 0 Å². The first-order valence-electron chi connectivity index (χ1n) is 4.24. The van der Waals surface area contributed by atoms with E-state index in [1.165, 1.54) is 0 Å². The zero-order chi connectivity index (χ0) is 14.2. The van der Waals surface area contributed by atoms with Crippen LogP contribution in [0.4, 0.5) is 35.2 Å². The van der Waals surface area contributed by atoms with Gasteiger partial charge in [0.05, 0.1) is 9.28 Å². The molecule has 0 aromatic heterocycles. The minimum absolute atomic E-state index is 1.53. The fourth-order valence-corrected chi connectivity index (χ4v) is 1.07. The van der Waals surface area contributed by atoms with E-state index in [0.717, 1.165) is 0 Å². The van der Waals surface area contributed by atoms with Gasteiger partial charge in [-0.3, -0.25) is 0 Å². The lowest BCUT2D eigenvalue weighted by atomic mass is 10.1. The second kappa shape index (κ2) is 4.69. The Hall–Kier alpha value is -1.42. The third-order valence-corrected chi connectivity index (χ3v) is 1.94. The predicted molar refractivity (Wildman–Crippen MR) is 38.1 cm³/mol. The largest absolute Gasteiger partial charge is 0.491 e. The van der Waals surface area contributed by atoms with Crippen molar-refractivity contribution >= 4 is 11.9 Å². The van der Waals surface area contributed by atoms with Crippen LogP contribution in [0, 0.1) is 0 Å². The van der Waals surface area contributed by atoms with E-state index < -0.39 is 47.7 Å². The number of hydrogen-bond acceptors (Lipinski definition) is 2. The highest BCUT2D eigenvalue weighted by Gasteiger charge is 2.58. The zero-order valence-corrected chi connectivity index (χ0v) is 8.10. The van der Waals surface area contributed by atoms with Crippen LogP contribution < -0.4 is 0 Å². The number of halogens is 8. The van der Waals surface area contributed by atoms with Crippen molar-refractivity contribution < 1.29 is 49.5 Å². The van der Waals surface area contributed by atoms with Gasteiger partial charge in [0.25, 0.3) is 6.17 Å². The number of alkyl halides is 7. The molecule has 0 spiro atoms. The van der Waals surface area contributed by atoms with Gasteiger partial charge >= 0.3 is 24.3 Å². The number of rotatable bonds is 0. The van der Waals surface area contributed by atoms with Crippen molar-refractivity contribution in [2.45, 2.75) is 31.0 Å². The van der Waals surface area contributed by atoms with E-state index in [1.54, 1.807) is 0 Å². The molecule has 4 unspecified atom stereocenters. The van der Waals surface area contributed by atoms with Crippen LogP contribution in [-0.4, -0.2) is 47.7 Å². The van der Waals surface area contributed by atoms with E-state index >= 15 is 0 Å². The quantitative estimate of drug-likeness (QED) is 0.294. The summed E-state index contributed by atoms with van der Waals surface area (Å²) in [5.41, 5.74) is 0. The molecule has 11 heteroatoms. The van der Waals surface area contributed by atoms with Crippen LogP contribution in [-0.2, 0) is 9.53 Å². The Balaban J connectivity index is 3.02. The Labute approximate surface area is 93.6 Å². The summed E-state index contributed by atoms with van der Waals surface area (Å²) in [6, 6.07) is 0. The fraction of sp³-hybridized carbons (Fsp3) is 0.714. The lowest BCUT2D eigenvalue weighted by molar-refractivity contribution is -0.769. The van der Waals surface area contributed by atoms with Crippen LogP contribution in [0.1, 0.15) is 0 Å². The monoisotopic (exact) mass is 286 g/mol. The van der Waals surface area contributed by atoms with E-state index in [-0.39, 0.29) is 0 Å². The molecule has 0 saturated heterocycles. The average Bonchev–Trinajstić information content (AvgIpc) is 2.28. The van der Waals surface area contributed by atoms with Crippen molar-refractivity contribution in [1.29, 1.82) is 0 Å². The molecule has 0 aromatic rings. The maximum Gasteiger partial charge on any atom is 0.491 e. The number of nitrogens with zero attached hydrogens (tertiary/aromatic N) is 1. The fourth-order valence-electron chi connectivity index (χ4n) is 1.07. The summed E-state index contributed by atoms with van der Waals surface area (Å²) in [6.07, 6.45) is -19.0. The third kappa shape index (κ3) is 2.53. The molecule has 1 heterocycles. The van der Waals surface area contributed by atoms with Crippen molar-refractivity contribution in [1.82, 2.24) is 0 Å². The highest BCUT2D eigenvalue weighted by Crippen LogP contribution is 2.27. The van der Waals surface area contributed by atoms with Crippen molar-refractivity contribution in [3.05, 3.63) is 0 Å². The van der Waals surface area contributed by atoms with Crippen LogP contribution in [0.5, 0.6) is 0 Å². The van der Waals surface area contributed by atoms with Gasteiger partial charge in [0.1, 0.15) is 0 Å². The van der Waals surface area contributed by atoms with E-state index in [2.05, 4.69) is 4.74 Å². The first-order chi connectivity index (χ1) is 8.07. The number of carbonyl (C=O) groups is 1. The van der Waals surface area contributed by atoms with Crippen LogP contribution in [0.3, 0.4) is 0 Å². The van der Waals surface area contributed by atoms with Crippen molar-refractivity contribution in [2.75, 3.05) is 0 Å². The van der Waals surface area contributed by atoms with Crippen molar-refractivity contribution in [2.24, 2.45) is 0 Å². The Morgan fingerprint density at radius 3 is 2.06 bits per heavy atom. The molecule has 0 saturated carbocycles. The van der Waals surface area contributed by atoms with Crippen LogP contribution in [0.25, 0.3) is 0 Å². The normalized spacial score (nSPS) is 33.6. The zero-order valence-electron chi connectivity index (χ0n) is 8.10. The highest BCUT2D eigenvalue weighted by atomic mass is 19.4. The Kier molecular flexibility index (Phi) is 3.81. The average molecular weight is 286 g/mol. The van der Waals surface area contributed by atoms with E-state index in [1.807, 2.05) is 0 Å². The van der Waals surface area contributed by atoms with Gasteiger partial charge in [0.15, 0.2) is 6.17 Å². The summed E-state index contributed by atoms with van der Waals surface area (Å²) >= 11 is 0. The predicted octanol–water partition coefficient (Wildman–Crippen LogP) is 1.71. The molecule has 0 amide bonds. The molecule has 3 nitrogen and oxygen atoms in total. The van der Waals surface area contributed by atoms with Gasteiger partial charge in [-0.05, 0) is 0 Å². The highest BCUT2D eigenvalue weighted by molar-refractivity contribution is 5.91. The summed E-state index contributed by atoms with van der Waals surface area (Å²) in [5, 5.41) is 0.